The lowest BCUT2D eigenvalue weighted by atomic mass is 10.4. The summed E-state index contributed by atoms with van der Waals surface area (Å²) in [6.07, 6.45) is 2.85. The summed E-state index contributed by atoms with van der Waals surface area (Å²) in [6, 6.07) is 3.66. The van der Waals surface area contributed by atoms with Crippen LogP contribution in [0.2, 0.25) is 0 Å². The van der Waals surface area contributed by atoms with Crippen LogP contribution in [0.4, 0.5) is 0 Å². The third-order valence-corrected chi connectivity index (χ3v) is 1.51. The number of nitrogens with zero attached hydrogens (tertiary/aromatic N) is 1. The van der Waals surface area contributed by atoms with Crippen LogP contribution in [-0.4, -0.2) is 17.9 Å². The Morgan fingerprint density at radius 2 is 2.07 bits per heavy atom. The minimum absolute atomic E-state index is 0.0430. The van der Waals surface area contributed by atoms with Gasteiger partial charge in [-0.05, 0) is 12.1 Å². The van der Waals surface area contributed by atoms with Crippen molar-refractivity contribution in [1.82, 2.24) is 4.90 Å². The summed E-state index contributed by atoms with van der Waals surface area (Å²) < 4.78 is 5.06. The molecule has 14 heavy (non-hydrogen) atoms. The normalized spacial score (nSPS) is 8.86. The maximum atomic E-state index is 10.8. The number of hydrogen-bond donors (Lipinski definition) is 0. The first kappa shape index (κ1) is 12.8. The van der Waals surface area contributed by atoms with Crippen molar-refractivity contribution >= 4 is 5.91 Å². The number of furan rings is 1. The van der Waals surface area contributed by atoms with Crippen molar-refractivity contribution in [3.05, 3.63) is 24.2 Å². The maximum Gasteiger partial charge on any atom is 0.219 e. The van der Waals surface area contributed by atoms with Gasteiger partial charge < -0.3 is 9.32 Å². The number of carbonyl (C=O) groups is 1. The standard InChI is InChI=1S/C8H11NO2.C3H8/c1-7(10)9(2)6-8-4-3-5-11-8;1-3-2/h3-5H,6H2,1-2H3;3H2,1-2H3. The summed E-state index contributed by atoms with van der Waals surface area (Å²) >= 11 is 0. The molecule has 1 rings (SSSR count). The van der Waals surface area contributed by atoms with E-state index in [1.165, 1.54) is 13.3 Å². The predicted molar refractivity (Wildman–Crippen MR) is 56.8 cm³/mol. The summed E-state index contributed by atoms with van der Waals surface area (Å²) in [7, 11) is 1.74. The third kappa shape index (κ3) is 5.41. The topological polar surface area (TPSA) is 33.5 Å². The highest BCUT2D eigenvalue weighted by Crippen LogP contribution is 2.02. The van der Waals surface area contributed by atoms with E-state index in [-0.39, 0.29) is 5.91 Å². The molecule has 0 aromatic carbocycles. The van der Waals surface area contributed by atoms with Gasteiger partial charge in [-0.1, -0.05) is 20.3 Å². The second kappa shape index (κ2) is 7.18. The van der Waals surface area contributed by atoms with Gasteiger partial charge in [-0.2, -0.15) is 0 Å². The highest BCUT2D eigenvalue weighted by Gasteiger charge is 2.03. The molecule has 1 heterocycles. The molecule has 0 fully saturated rings. The van der Waals surface area contributed by atoms with Gasteiger partial charge in [-0.15, -0.1) is 0 Å². The molecular formula is C11H19NO2. The maximum absolute atomic E-state index is 10.8. The van der Waals surface area contributed by atoms with Crippen LogP contribution in [0.25, 0.3) is 0 Å². The lowest BCUT2D eigenvalue weighted by Gasteiger charge is -2.11. The summed E-state index contributed by atoms with van der Waals surface area (Å²) in [5.41, 5.74) is 0. The minimum atomic E-state index is 0.0430. The van der Waals surface area contributed by atoms with Gasteiger partial charge in [0.1, 0.15) is 5.76 Å². The molecule has 0 saturated heterocycles. The Bertz CT molecular complexity index is 242. The highest BCUT2D eigenvalue weighted by atomic mass is 16.3. The number of carbonyl (C=O) groups excluding carboxylic acids is 1. The molecule has 0 unspecified atom stereocenters. The van der Waals surface area contributed by atoms with Crippen LogP contribution in [0.1, 0.15) is 33.0 Å². The van der Waals surface area contributed by atoms with Crippen LogP contribution >= 0.6 is 0 Å². The van der Waals surface area contributed by atoms with Crippen molar-refractivity contribution in [3.8, 4) is 0 Å². The average Bonchev–Trinajstić information content (AvgIpc) is 2.58. The fraction of sp³-hybridized carbons (Fsp3) is 0.545. The lowest BCUT2D eigenvalue weighted by Crippen LogP contribution is -2.22. The minimum Gasteiger partial charge on any atom is -0.467 e. The van der Waals surface area contributed by atoms with E-state index in [0.29, 0.717) is 6.54 Å². The zero-order valence-corrected chi connectivity index (χ0v) is 9.41. The first-order valence-corrected chi connectivity index (χ1v) is 4.85. The molecular weight excluding hydrogens is 178 g/mol. The summed E-state index contributed by atoms with van der Waals surface area (Å²) in [5.74, 6) is 0.851. The van der Waals surface area contributed by atoms with E-state index in [2.05, 4.69) is 13.8 Å². The number of hydrogen-bond acceptors (Lipinski definition) is 2. The van der Waals surface area contributed by atoms with E-state index in [1.807, 2.05) is 12.1 Å². The fourth-order valence-electron chi connectivity index (χ4n) is 0.748. The first-order valence-electron chi connectivity index (χ1n) is 4.85. The van der Waals surface area contributed by atoms with Crippen molar-refractivity contribution in [2.24, 2.45) is 0 Å². The van der Waals surface area contributed by atoms with Crippen LogP contribution in [-0.2, 0) is 11.3 Å². The Morgan fingerprint density at radius 3 is 2.43 bits per heavy atom. The van der Waals surface area contributed by atoms with Crippen LogP contribution < -0.4 is 0 Å². The molecule has 1 aromatic rings. The number of amides is 1. The molecule has 0 atom stereocenters. The van der Waals surface area contributed by atoms with Crippen molar-refractivity contribution in [1.29, 1.82) is 0 Å². The van der Waals surface area contributed by atoms with Gasteiger partial charge in [0, 0.05) is 14.0 Å². The smallest absolute Gasteiger partial charge is 0.219 e. The van der Waals surface area contributed by atoms with Gasteiger partial charge in [0.15, 0.2) is 0 Å². The lowest BCUT2D eigenvalue weighted by molar-refractivity contribution is -0.128. The molecule has 0 spiro atoms. The molecule has 80 valence electrons. The van der Waals surface area contributed by atoms with E-state index in [9.17, 15) is 4.79 Å². The average molecular weight is 197 g/mol. The molecule has 0 N–H and O–H groups in total. The van der Waals surface area contributed by atoms with Gasteiger partial charge in [0.2, 0.25) is 5.91 Å². The Kier molecular flexibility index (Phi) is 6.54. The molecule has 3 nitrogen and oxygen atoms in total. The van der Waals surface area contributed by atoms with E-state index in [1.54, 1.807) is 18.2 Å². The van der Waals surface area contributed by atoms with E-state index in [0.717, 1.165) is 5.76 Å². The molecule has 1 amide bonds. The predicted octanol–water partition coefficient (Wildman–Crippen LogP) is 2.67. The van der Waals surface area contributed by atoms with Gasteiger partial charge in [-0.25, -0.2) is 0 Å². The molecule has 0 aliphatic heterocycles. The van der Waals surface area contributed by atoms with Crippen molar-refractivity contribution in [2.45, 2.75) is 33.7 Å². The van der Waals surface area contributed by atoms with Gasteiger partial charge in [-0.3, -0.25) is 4.79 Å². The van der Waals surface area contributed by atoms with Crippen LogP contribution in [0, 0.1) is 0 Å². The number of rotatable bonds is 2. The summed E-state index contributed by atoms with van der Waals surface area (Å²) in [6.45, 7) is 6.32. The third-order valence-electron chi connectivity index (χ3n) is 1.51. The summed E-state index contributed by atoms with van der Waals surface area (Å²) in [5, 5.41) is 0. The SMILES string of the molecule is CC(=O)N(C)Cc1ccco1.CCC. The van der Waals surface area contributed by atoms with Crippen molar-refractivity contribution in [2.75, 3.05) is 7.05 Å². The molecule has 3 heteroatoms. The fourth-order valence-corrected chi connectivity index (χ4v) is 0.748. The first-order chi connectivity index (χ1) is 6.61. The molecule has 0 saturated carbocycles. The Morgan fingerprint density at radius 1 is 1.50 bits per heavy atom. The van der Waals surface area contributed by atoms with Crippen LogP contribution in [0.15, 0.2) is 22.8 Å². The zero-order valence-electron chi connectivity index (χ0n) is 9.41. The Hall–Kier alpha value is -1.25. The van der Waals surface area contributed by atoms with Gasteiger partial charge in [0.25, 0.3) is 0 Å². The van der Waals surface area contributed by atoms with Crippen LogP contribution in [0.3, 0.4) is 0 Å². The highest BCUT2D eigenvalue weighted by molar-refractivity contribution is 5.72. The second-order valence-electron chi connectivity index (χ2n) is 3.16. The molecule has 0 aliphatic carbocycles. The van der Waals surface area contributed by atoms with E-state index >= 15 is 0 Å². The van der Waals surface area contributed by atoms with Gasteiger partial charge in [0.05, 0.1) is 12.8 Å². The largest absolute Gasteiger partial charge is 0.467 e. The summed E-state index contributed by atoms with van der Waals surface area (Å²) in [4.78, 5) is 12.4. The van der Waals surface area contributed by atoms with Crippen molar-refractivity contribution in [3.63, 3.8) is 0 Å². The quantitative estimate of drug-likeness (QED) is 0.730. The van der Waals surface area contributed by atoms with E-state index in [4.69, 9.17) is 4.42 Å². The second-order valence-corrected chi connectivity index (χ2v) is 3.16. The monoisotopic (exact) mass is 197 g/mol. The molecule has 0 aliphatic rings. The molecule has 0 radical (unpaired) electrons. The van der Waals surface area contributed by atoms with Crippen molar-refractivity contribution < 1.29 is 9.21 Å². The van der Waals surface area contributed by atoms with E-state index < -0.39 is 0 Å². The molecule has 1 aromatic heterocycles. The van der Waals surface area contributed by atoms with Gasteiger partial charge >= 0.3 is 0 Å². The Balaban J connectivity index is 0.000000500. The zero-order chi connectivity index (χ0) is 11.0. The molecule has 0 bridgehead atoms. The van der Waals surface area contributed by atoms with Crippen LogP contribution in [0.5, 0.6) is 0 Å². The Labute approximate surface area is 85.7 Å².